The Labute approximate surface area is 329 Å². The molecule has 1 aromatic heterocycles. The summed E-state index contributed by atoms with van der Waals surface area (Å²) in [7, 11) is 0. The van der Waals surface area contributed by atoms with Crippen molar-refractivity contribution in [3.8, 4) is 11.1 Å². The fourth-order valence-electron chi connectivity index (χ4n) is 8.08. The number of hydrogen-bond acceptors (Lipinski definition) is 12. The Balaban J connectivity index is 0.929. The van der Waals surface area contributed by atoms with Gasteiger partial charge in [0.25, 0.3) is 5.91 Å². The average molecular weight is 783 g/mol. The second-order valence-corrected chi connectivity index (χ2v) is 15.6. The van der Waals surface area contributed by atoms with Gasteiger partial charge in [-0.2, -0.15) is 0 Å². The second kappa shape index (κ2) is 15.7. The summed E-state index contributed by atoms with van der Waals surface area (Å²) in [5.74, 6) is -3.33. The number of carbonyl (C=O) groups excluding carboxylic acids is 3. The van der Waals surface area contributed by atoms with E-state index in [1.165, 1.54) is 6.07 Å². The fraction of sp³-hybridized carbons (Fsp3) is 0.442. The minimum absolute atomic E-state index is 0.0493. The molecule has 8 rings (SSSR count). The molecule has 0 bridgehead atoms. The standard InChI is InChI=1S/C43H46N2O12/c1-42(2)51-23-33(55-42)34-35-36(57-43(3,4)56-35)40(53-34)54-39(48)31(18-11-12-20-44-37(46)29-21-24-13-5-10-19-32(24)52-38(29)47)45-41(49)50-22-30-27-16-8-6-14-25(27)26-15-7-9-17-28(26)30/h5-10,13-17,19,21,30-31,33-36,40H,11-12,18,20,22-23H2,1-4H3,(H,44,46)(H,45,49)/t31-,33?,34?,35?,36?,40?/m0/s1. The van der Waals surface area contributed by atoms with Crippen LogP contribution in [0.1, 0.15) is 74.4 Å². The third-order valence-electron chi connectivity index (χ3n) is 10.7. The van der Waals surface area contributed by atoms with Crippen LogP contribution in [0, 0.1) is 0 Å². The highest BCUT2D eigenvalue weighted by molar-refractivity contribution is 5.96. The number of alkyl carbamates (subject to hydrolysis) is 1. The number of rotatable bonds is 12. The molecule has 14 nitrogen and oxygen atoms in total. The molecule has 57 heavy (non-hydrogen) atoms. The van der Waals surface area contributed by atoms with E-state index in [0.29, 0.717) is 23.8 Å². The van der Waals surface area contributed by atoms with Crippen LogP contribution in [0.4, 0.5) is 4.79 Å². The summed E-state index contributed by atoms with van der Waals surface area (Å²) in [5, 5.41) is 6.08. The van der Waals surface area contributed by atoms with Gasteiger partial charge in [0.05, 0.1) is 6.61 Å². The van der Waals surface area contributed by atoms with Crippen LogP contribution in [0.15, 0.2) is 88.1 Å². The third kappa shape index (κ3) is 8.18. The van der Waals surface area contributed by atoms with Crippen molar-refractivity contribution in [1.29, 1.82) is 0 Å². The first-order valence-corrected chi connectivity index (χ1v) is 19.3. The maximum Gasteiger partial charge on any atom is 0.407 e. The molecule has 5 unspecified atom stereocenters. The molecular formula is C43H46N2O12. The normalized spacial score (nSPS) is 24.7. The predicted octanol–water partition coefficient (Wildman–Crippen LogP) is 5.54. The lowest BCUT2D eigenvalue weighted by Gasteiger charge is -2.27. The SMILES string of the molecule is CC1(C)OCC(C2OC(OC(=O)[C@H](CCCCNC(=O)c3cc4ccccc4oc3=O)NC(=O)OCC3c4ccccc4-c4ccccc43)C3OC(C)(C)OC23)O1. The van der Waals surface area contributed by atoms with Gasteiger partial charge in [0, 0.05) is 17.8 Å². The number of fused-ring (bicyclic) bond motifs is 5. The van der Waals surface area contributed by atoms with Gasteiger partial charge >= 0.3 is 17.7 Å². The molecule has 2 amide bonds. The number of para-hydroxylation sites is 1. The van der Waals surface area contributed by atoms with E-state index in [9.17, 15) is 19.2 Å². The third-order valence-corrected chi connectivity index (χ3v) is 10.7. The van der Waals surface area contributed by atoms with Crippen LogP contribution in [0.3, 0.4) is 0 Å². The van der Waals surface area contributed by atoms with Crippen LogP contribution < -0.4 is 16.3 Å². The highest BCUT2D eigenvalue weighted by Gasteiger charge is 2.60. The topological polar surface area (TPSA) is 170 Å². The lowest BCUT2D eigenvalue weighted by Crippen LogP contribution is -2.45. The van der Waals surface area contributed by atoms with Gasteiger partial charge in [-0.15, -0.1) is 0 Å². The van der Waals surface area contributed by atoms with E-state index in [1.807, 2.05) is 48.5 Å². The van der Waals surface area contributed by atoms with E-state index in [4.69, 9.17) is 37.6 Å². The Bertz CT molecular complexity index is 2170. The number of ether oxygens (including phenoxy) is 7. The van der Waals surface area contributed by atoms with Crippen LogP contribution in [0.2, 0.25) is 0 Å². The first-order valence-electron chi connectivity index (χ1n) is 19.3. The average Bonchev–Trinajstić information content (AvgIpc) is 3.90. The molecule has 4 aliphatic rings. The van der Waals surface area contributed by atoms with Crippen LogP contribution in [-0.4, -0.2) is 86.1 Å². The Kier molecular flexibility index (Phi) is 10.7. The van der Waals surface area contributed by atoms with Gasteiger partial charge in [0.1, 0.15) is 42.1 Å². The Morgan fingerprint density at radius 1 is 0.825 bits per heavy atom. The summed E-state index contributed by atoms with van der Waals surface area (Å²) in [5.41, 5.74) is 3.81. The maximum absolute atomic E-state index is 14.0. The first-order chi connectivity index (χ1) is 27.4. The minimum atomic E-state index is -1.17. The molecule has 4 heterocycles. The maximum atomic E-state index is 14.0. The van der Waals surface area contributed by atoms with Gasteiger partial charge in [-0.25, -0.2) is 14.4 Å². The molecule has 3 aliphatic heterocycles. The van der Waals surface area contributed by atoms with Crippen molar-refractivity contribution in [2.45, 2.75) is 101 Å². The lowest BCUT2D eigenvalue weighted by molar-refractivity contribution is -0.245. The van der Waals surface area contributed by atoms with E-state index < -0.39 is 71.9 Å². The summed E-state index contributed by atoms with van der Waals surface area (Å²) in [4.78, 5) is 52.8. The molecule has 1 aliphatic carbocycles. The molecule has 0 radical (unpaired) electrons. The molecule has 300 valence electrons. The van der Waals surface area contributed by atoms with Gasteiger partial charge in [0.15, 0.2) is 17.7 Å². The second-order valence-electron chi connectivity index (χ2n) is 15.6. The number of esters is 1. The van der Waals surface area contributed by atoms with E-state index in [-0.39, 0.29) is 37.7 Å². The van der Waals surface area contributed by atoms with Gasteiger partial charge in [0.2, 0.25) is 6.29 Å². The summed E-state index contributed by atoms with van der Waals surface area (Å²) in [6, 6.07) is 23.3. The van der Waals surface area contributed by atoms with E-state index in [2.05, 4.69) is 10.6 Å². The van der Waals surface area contributed by atoms with Crippen molar-refractivity contribution in [3.63, 3.8) is 0 Å². The fourth-order valence-corrected chi connectivity index (χ4v) is 8.08. The number of carbonyl (C=O) groups is 3. The lowest BCUT2D eigenvalue weighted by atomic mass is 9.98. The molecule has 3 fully saturated rings. The molecule has 4 aromatic rings. The molecule has 0 spiro atoms. The largest absolute Gasteiger partial charge is 0.449 e. The van der Waals surface area contributed by atoms with E-state index >= 15 is 0 Å². The van der Waals surface area contributed by atoms with E-state index in [0.717, 1.165) is 22.3 Å². The molecule has 14 heteroatoms. The molecule has 3 aromatic carbocycles. The number of amides is 2. The zero-order valence-electron chi connectivity index (χ0n) is 32.2. The van der Waals surface area contributed by atoms with Crippen LogP contribution in [-0.2, 0) is 38.0 Å². The quantitative estimate of drug-likeness (QED) is 0.105. The van der Waals surface area contributed by atoms with Gasteiger partial charge < -0.3 is 48.2 Å². The Morgan fingerprint density at radius 3 is 2.23 bits per heavy atom. The van der Waals surface area contributed by atoms with Crippen LogP contribution >= 0.6 is 0 Å². The smallest absolute Gasteiger partial charge is 0.407 e. The van der Waals surface area contributed by atoms with Crippen molar-refractivity contribution < 1.29 is 52.0 Å². The zero-order valence-corrected chi connectivity index (χ0v) is 32.2. The first kappa shape index (κ1) is 38.7. The monoisotopic (exact) mass is 782 g/mol. The number of hydrogen-bond donors (Lipinski definition) is 2. The van der Waals surface area contributed by atoms with E-state index in [1.54, 1.807) is 52.0 Å². The van der Waals surface area contributed by atoms with Crippen molar-refractivity contribution >= 4 is 28.9 Å². The Hall–Kier alpha value is -5.12. The summed E-state index contributed by atoms with van der Waals surface area (Å²) in [6.07, 6.45) is -3.56. The molecule has 3 saturated heterocycles. The van der Waals surface area contributed by atoms with Crippen LogP contribution in [0.25, 0.3) is 22.1 Å². The Morgan fingerprint density at radius 2 is 1.51 bits per heavy atom. The predicted molar refractivity (Wildman–Crippen MR) is 204 cm³/mol. The van der Waals surface area contributed by atoms with Crippen molar-refractivity contribution in [3.05, 3.63) is 106 Å². The van der Waals surface area contributed by atoms with Gasteiger partial charge in [-0.1, -0.05) is 66.7 Å². The summed E-state index contributed by atoms with van der Waals surface area (Å²) in [6.45, 7) is 7.63. The van der Waals surface area contributed by atoms with Gasteiger partial charge in [-0.05, 0) is 81.3 Å². The van der Waals surface area contributed by atoms with Gasteiger partial charge in [-0.3, -0.25) is 4.79 Å². The summed E-state index contributed by atoms with van der Waals surface area (Å²) < 4.78 is 47.4. The minimum Gasteiger partial charge on any atom is -0.449 e. The van der Waals surface area contributed by atoms with Crippen molar-refractivity contribution in [2.24, 2.45) is 0 Å². The number of nitrogens with one attached hydrogen (secondary N) is 2. The molecular weight excluding hydrogens is 736 g/mol. The van der Waals surface area contributed by atoms with Crippen LogP contribution in [0.5, 0.6) is 0 Å². The zero-order chi connectivity index (χ0) is 39.9. The van der Waals surface area contributed by atoms with Crippen molar-refractivity contribution in [1.82, 2.24) is 10.6 Å². The number of benzene rings is 3. The molecule has 0 saturated carbocycles. The highest BCUT2D eigenvalue weighted by atomic mass is 16.8. The summed E-state index contributed by atoms with van der Waals surface area (Å²) >= 11 is 0. The highest BCUT2D eigenvalue weighted by Crippen LogP contribution is 2.45. The molecule has 6 atom stereocenters. The molecule has 2 N–H and O–H groups in total. The van der Waals surface area contributed by atoms with Crippen molar-refractivity contribution in [2.75, 3.05) is 19.8 Å². The number of unbranched alkanes of at least 4 members (excludes halogenated alkanes) is 1.